The zero-order chi connectivity index (χ0) is 13.3. The van der Waals surface area contributed by atoms with Crippen LogP contribution in [0.5, 0.6) is 0 Å². The zero-order valence-corrected chi connectivity index (χ0v) is 12.6. The predicted octanol–water partition coefficient (Wildman–Crippen LogP) is 1.85. The molecule has 0 saturated heterocycles. The Morgan fingerprint density at radius 1 is 1.33 bits per heavy atom. The van der Waals surface area contributed by atoms with Crippen LogP contribution in [0, 0.1) is 3.57 Å². The molecular formula is C11H15IN6. The molecule has 0 bridgehead atoms. The van der Waals surface area contributed by atoms with Gasteiger partial charge in [-0.3, -0.25) is 0 Å². The van der Waals surface area contributed by atoms with Crippen molar-refractivity contribution in [2.24, 2.45) is 5.84 Å². The molecule has 3 N–H and O–H groups in total. The number of nitrogens with zero attached hydrogens (tertiary/aromatic N) is 4. The topological polar surface area (TPSA) is 81.6 Å². The second kappa shape index (κ2) is 4.81. The molecular weight excluding hydrogens is 343 g/mol. The van der Waals surface area contributed by atoms with E-state index in [1.807, 2.05) is 6.20 Å². The highest BCUT2D eigenvalue weighted by Gasteiger charge is 2.19. The molecule has 0 atom stereocenters. The number of anilines is 1. The van der Waals surface area contributed by atoms with E-state index in [1.54, 1.807) is 16.9 Å². The van der Waals surface area contributed by atoms with Crippen LogP contribution in [0.15, 0.2) is 18.5 Å². The number of nitrogens with two attached hydrogens (primary N) is 1. The molecule has 0 aliphatic rings. The van der Waals surface area contributed by atoms with Gasteiger partial charge >= 0.3 is 0 Å². The molecule has 0 radical (unpaired) electrons. The Hall–Kier alpha value is -1.22. The highest BCUT2D eigenvalue weighted by Crippen LogP contribution is 2.21. The normalized spacial score (nSPS) is 11.6. The molecule has 18 heavy (non-hydrogen) atoms. The van der Waals surface area contributed by atoms with Crippen molar-refractivity contribution in [1.82, 2.24) is 19.7 Å². The molecule has 0 spiro atoms. The van der Waals surface area contributed by atoms with E-state index < -0.39 is 0 Å². The quantitative estimate of drug-likeness (QED) is 0.487. The molecule has 0 aromatic carbocycles. The molecule has 0 aliphatic heterocycles. The van der Waals surface area contributed by atoms with Gasteiger partial charge in [-0.25, -0.2) is 20.5 Å². The lowest BCUT2D eigenvalue weighted by molar-refractivity contribution is 0.542. The largest absolute Gasteiger partial charge is 0.308 e. The lowest BCUT2D eigenvalue weighted by atomic mass is 9.96. The number of halogens is 1. The number of rotatable bonds is 2. The van der Waals surface area contributed by atoms with Crippen molar-refractivity contribution in [3.63, 3.8) is 0 Å². The minimum atomic E-state index is -0.151. The van der Waals surface area contributed by atoms with E-state index in [2.05, 4.69) is 63.9 Å². The van der Waals surface area contributed by atoms with Crippen LogP contribution >= 0.6 is 22.6 Å². The fraction of sp³-hybridized carbons (Fsp3) is 0.364. The molecule has 0 amide bonds. The summed E-state index contributed by atoms with van der Waals surface area (Å²) in [7, 11) is 0. The average molecular weight is 358 g/mol. The van der Waals surface area contributed by atoms with Gasteiger partial charge in [-0.1, -0.05) is 20.8 Å². The summed E-state index contributed by atoms with van der Waals surface area (Å²) in [4.78, 5) is 8.89. The van der Waals surface area contributed by atoms with Gasteiger partial charge in [0, 0.05) is 17.7 Å². The maximum atomic E-state index is 5.44. The highest BCUT2D eigenvalue weighted by molar-refractivity contribution is 14.1. The molecule has 2 heterocycles. The Balaban J connectivity index is 2.54. The van der Waals surface area contributed by atoms with Crippen LogP contribution in [0.1, 0.15) is 26.6 Å². The molecule has 2 aromatic heterocycles. The minimum absolute atomic E-state index is 0.151. The van der Waals surface area contributed by atoms with Crippen molar-refractivity contribution < 1.29 is 0 Å². The zero-order valence-electron chi connectivity index (χ0n) is 10.5. The molecule has 96 valence electrons. The summed E-state index contributed by atoms with van der Waals surface area (Å²) >= 11 is 2.20. The molecule has 7 heteroatoms. The van der Waals surface area contributed by atoms with E-state index in [1.165, 1.54) is 0 Å². The Labute approximate surface area is 119 Å². The first-order chi connectivity index (χ1) is 8.40. The van der Waals surface area contributed by atoms with Crippen LogP contribution in [0.25, 0.3) is 5.82 Å². The number of nitrogen functional groups attached to an aromatic ring is 1. The van der Waals surface area contributed by atoms with E-state index in [0.717, 1.165) is 9.39 Å². The maximum absolute atomic E-state index is 5.44. The van der Waals surface area contributed by atoms with Crippen molar-refractivity contribution in [2.45, 2.75) is 26.2 Å². The molecule has 2 rings (SSSR count). The molecule has 0 aliphatic carbocycles. The molecule has 0 fully saturated rings. The van der Waals surface area contributed by atoms with Gasteiger partial charge in [-0.15, -0.1) is 0 Å². The summed E-state index contributed by atoms with van der Waals surface area (Å²) in [5, 5.41) is 4.23. The van der Waals surface area contributed by atoms with Gasteiger partial charge < -0.3 is 5.43 Å². The van der Waals surface area contributed by atoms with Crippen LogP contribution < -0.4 is 11.3 Å². The van der Waals surface area contributed by atoms with Crippen LogP contribution in [0.3, 0.4) is 0 Å². The maximum Gasteiger partial charge on any atom is 0.159 e. The van der Waals surface area contributed by atoms with Gasteiger partial charge in [0.1, 0.15) is 11.6 Å². The summed E-state index contributed by atoms with van der Waals surface area (Å²) in [5.41, 5.74) is 2.41. The Morgan fingerprint density at radius 3 is 2.56 bits per heavy atom. The van der Waals surface area contributed by atoms with Gasteiger partial charge in [0.05, 0.1) is 9.77 Å². The third-order valence-corrected chi connectivity index (χ3v) is 2.87. The van der Waals surface area contributed by atoms with Crippen LogP contribution in [0.4, 0.5) is 5.82 Å². The monoisotopic (exact) mass is 358 g/mol. The third kappa shape index (κ3) is 2.78. The number of nitrogens with one attached hydrogen (secondary N) is 1. The van der Waals surface area contributed by atoms with Gasteiger partial charge in [-0.2, -0.15) is 5.10 Å². The third-order valence-electron chi connectivity index (χ3n) is 2.32. The fourth-order valence-electron chi connectivity index (χ4n) is 1.39. The lowest BCUT2D eigenvalue weighted by Gasteiger charge is -2.18. The van der Waals surface area contributed by atoms with Crippen LogP contribution in [0.2, 0.25) is 0 Å². The summed E-state index contributed by atoms with van der Waals surface area (Å²) in [5.74, 6) is 7.44. The van der Waals surface area contributed by atoms with Crippen molar-refractivity contribution in [3.05, 3.63) is 27.9 Å². The Bertz CT molecular complexity index is 557. The molecule has 0 saturated carbocycles. The Morgan fingerprint density at radius 2 is 2.06 bits per heavy atom. The van der Waals surface area contributed by atoms with Crippen molar-refractivity contribution in [3.8, 4) is 5.82 Å². The number of hydrazine groups is 1. The van der Waals surface area contributed by atoms with Crippen molar-refractivity contribution in [2.75, 3.05) is 5.43 Å². The Kier molecular flexibility index (Phi) is 3.53. The fourth-order valence-corrected chi connectivity index (χ4v) is 1.78. The van der Waals surface area contributed by atoms with Gasteiger partial charge in [0.25, 0.3) is 0 Å². The second-order valence-electron chi connectivity index (χ2n) is 4.93. The van der Waals surface area contributed by atoms with Gasteiger partial charge in [0.2, 0.25) is 0 Å². The second-order valence-corrected chi connectivity index (χ2v) is 6.18. The molecule has 6 nitrogen and oxygen atoms in total. The van der Waals surface area contributed by atoms with E-state index in [9.17, 15) is 0 Å². The number of hydrogen-bond donors (Lipinski definition) is 2. The lowest BCUT2D eigenvalue weighted by Crippen LogP contribution is -2.20. The van der Waals surface area contributed by atoms with Gasteiger partial charge in [0.15, 0.2) is 5.82 Å². The SMILES string of the molecule is CC(C)(C)c1nc(NN)cc(-n2cc(I)cn2)n1. The van der Waals surface area contributed by atoms with Crippen LogP contribution in [-0.4, -0.2) is 19.7 Å². The van der Waals surface area contributed by atoms with Crippen molar-refractivity contribution >= 4 is 28.4 Å². The summed E-state index contributed by atoms with van der Waals surface area (Å²) < 4.78 is 2.75. The number of hydrogen-bond acceptors (Lipinski definition) is 5. The molecule has 2 aromatic rings. The summed E-state index contributed by atoms with van der Waals surface area (Å²) in [6.45, 7) is 6.16. The van der Waals surface area contributed by atoms with E-state index >= 15 is 0 Å². The first kappa shape index (κ1) is 13.2. The summed E-state index contributed by atoms with van der Waals surface area (Å²) in [6.07, 6.45) is 3.67. The van der Waals surface area contributed by atoms with Crippen LogP contribution in [-0.2, 0) is 5.41 Å². The van der Waals surface area contributed by atoms with Gasteiger partial charge in [-0.05, 0) is 22.6 Å². The van der Waals surface area contributed by atoms with E-state index in [4.69, 9.17) is 5.84 Å². The average Bonchev–Trinajstić information content (AvgIpc) is 2.74. The van der Waals surface area contributed by atoms with Crippen molar-refractivity contribution in [1.29, 1.82) is 0 Å². The first-order valence-electron chi connectivity index (χ1n) is 5.47. The predicted molar refractivity (Wildman–Crippen MR) is 78.4 cm³/mol. The minimum Gasteiger partial charge on any atom is -0.308 e. The van der Waals surface area contributed by atoms with E-state index in [0.29, 0.717) is 11.6 Å². The molecule has 0 unspecified atom stereocenters. The smallest absolute Gasteiger partial charge is 0.159 e. The van der Waals surface area contributed by atoms with E-state index in [-0.39, 0.29) is 5.41 Å². The standard InChI is InChI=1S/C11H15IN6/c1-11(2,3)10-15-8(17-13)4-9(16-10)18-6-7(12)5-14-18/h4-6H,13H2,1-3H3,(H,15,16,17). The summed E-state index contributed by atoms with van der Waals surface area (Å²) in [6, 6.07) is 1.76. The highest BCUT2D eigenvalue weighted by atomic mass is 127. The number of aromatic nitrogens is 4. The first-order valence-corrected chi connectivity index (χ1v) is 6.55.